The second-order valence-corrected chi connectivity index (χ2v) is 9.71. The van der Waals surface area contributed by atoms with E-state index in [0.717, 1.165) is 18.2 Å². The van der Waals surface area contributed by atoms with E-state index in [0.29, 0.717) is 0 Å². The van der Waals surface area contributed by atoms with Gasteiger partial charge in [0.25, 0.3) is 0 Å². The second-order valence-electron chi connectivity index (χ2n) is 8.40. The number of unbranched alkanes of at least 4 members (excludes halogenated alkanes) is 4. The Kier molecular flexibility index (Phi) is 14.9. The van der Waals surface area contributed by atoms with Gasteiger partial charge in [0.2, 0.25) is 0 Å². The minimum atomic E-state index is -5.17. The van der Waals surface area contributed by atoms with Crippen molar-refractivity contribution in [3.8, 4) is 0 Å². The lowest BCUT2D eigenvalue weighted by Crippen LogP contribution is -2.50. The van der Waals surface area contributed by atoms with Crippen molar-refractivity contribution < 1.29 is 37.3 Å². The van der Waals surface area contributed by atoms with E-state index in [4.69, 9.17) is 10.2 Å². The highest BCUT2D eigenvalue weighted by molar-refractivity contribution is 7.86. The Morgan fingerprint density at radius 2 is 1.06 bits per heavy atom. The van der Waals surface area contributed by atoms with Crippen LogP contribution in [-0.2, 0) is 10.1 Å². The van der Waals surface area contributed by atoms with Crippen molar-refractivity contribution in [1.82, 2.24) is 0 Å². The van der Waals surface area contributed by atoms with E-state index in [1.807, 2.05) is 0 Å². The van der Waals surface area contributed by atoms with E-state index >= 15 is 0 Å². The van der Waals surface area contributed by atoms with Crippen LogP contribution in [0.1, 0.15) is 99.8 Å². The maximum atomic E-state index is 10.8. The zero-order valence-corrected chi connectivity index (χ0v) is 21.3. The van der Waals surface area contributed by atoms with Crippen LogP contribution in [0.4, 0.5) is 0 Å². The first-order chi connectivity index (χ1) is 15.5. The number of nitrogens with zero attached hydrogens (tertiary/aromatic N) is 1. The third-order valence-electron chi connectivity index (χ3n) is 5.67. The fourth-order valence-corrected chi connectivity index (χ4v) is 4.64. The Labute approximate surface area is 199 Å². The number of quaternary nitrogens is 1. The highest BCUT2D eigenvalue weighted by atomic mass is 32.2. The number of hydrogen-bond donors (Lipinski definition) is 2. The molecule has 0 aromatic heterocycles. The maximum absolute atomic E-state index is 10.8. The molecule has 1 aromatic rings. The molecule has 0 atom stereocenters. The van der Waals surface area contributed by atoms with Crippen LogP contribution in [0.5, 0.6) is 0 Å². The smallest absolute Gasteiger partial charge is 0.337 e. The molecule has 1 aromatic carbocycles. The van der Waals surface area contributed by atoms with Gasteiger partial charge in [-0.2, -0.15) is 0 Å². The molecule has 1 rings (SSSR count). The van der Waals surface area contributed by atoms with Gasteiger partial charge in [0.05, 0.1) is 42.2 Å². The maximum Gasteiger partial charge on any atom is 0.337 e. The largest absolute Gasteiger partial charge is 0.744 e. The van der Waals surface area contributed by atoms with Crippen molar-refractivity contribution >= 4 is 22.1 Å². The Bertz CT molecular complexity index is 767. The van der Waals surface area contributed by atoms with Gasteiger partial charge in [-0.25, -0.2) is 18.0 Å². The minimum absolute atomic E-state index is 0.847. The summed E-state index contributed by atoms with van der Waals surface area (Å²) in [4.78, 5) is 20.1. The fourth-order valence-electron chi connectivity index (χ4n) is 3.79. The molecule has 0 saturated carbocycles. The van der Waals surface area contributed by atoms with E-state index < -0.39 is 38.1 Å². The van der Waals surface area contributed by atoms with Gasteiger partial charge in [-0.05, 0) is 37.8 Å². The van der Waals surface area contributed by atoms with E-state index in [-0.39, 0.29) is 0 Å². The molecule has 0 aliphatic carbocycles. The molecule has 0 amide bonds. The summed E-state index contributed by atoms with van der Waals surface area (Å²) in [6.07, 6.45) is 11.1. The summed E-state index contributed by atoms with van der Waals surface area (Å²) >= 11 is 0. The van der Waals surface area contributed by atoms with Crippen LogP contribution in [0.25, 0.3) is 0 Å². The van der Waals surface area contributed by atoms with Crippen LogP contribution in [-0.4, -0.2) is 65.8 Å². The Hall–Kier alpha value is -1.97. The summed E-state index contributed by atoms with van der Waals surface area (Å²) < 4.78 is 33.8. The Balaban J connectivity index is 0.000000621. The van der Waals surface area contributed by atoms with Gasteiger partial charge < -0.3 is 19.2 Å². The quantitative estimate of drug-likeness (QED) is 0.263. The van der Waals surface area contributed by atoms with Crippen LogP contribution in [0.15, 0.2) is 23.1 Å². The molecule has 0 radical (unpaired) electrons. The van der Waals surface area contributed by atoms with Crippen molar-refractivity contribution in [2.45, 2.75) is 84.0 Å². The first-order valence-corrected chi connectivity index (χ1v) is 13.3. The van der Waals surface area contributed by atoms with Gasteiger partial charge in [-0.3, -0.25) is 0 Å². The molecule has 0 aliphatic rings. The summed E-state index contributed by atoms with van der Waals surface area (Å²) in [7, 11) is -5.17. The third kappa shape index (κ3) is 11.1. The molecule has 2 N–H and O–H groups in total. The molecule has 0 unspecified atom stereocenters. The Morgan fingerprint density at radius 3 is 1.27 bits per heavy atom. The number of carboxylic acid groups (broad SMARTS) is 2. The van der Waals surface area contributed by atoms with Crippen LogP contribution in [0, 0.1) is 0 Å². The summed E-state index contributed by atoms with van der Waals surface area (Å²) in [5.74, 6) is -3.37. The van der Waals surface area contributed by atoms with Gasteiger partial charge in [0.1, 0.15) is 10.1 Å². The molecule has 0 bridgehead atoms. The number of hydrogen-bond acceptors (Lipinski definition) is 5. The first kappa shape index (κ1) is 31.0. The SMILES string of the molecule is CCCC[N+](CCCC)(CCCC)CCCC.O=C(O)c1cccc(C(=O)O)c1S(=O)(=O)[O-]. The lowest BCUT2D eigenvalue weighted by atomic mass is 10.1. The molecule has 0 aliphatic heterocycles. The van der Waals surface area contributed by atoms with Crippen molar-refractivity contribution in [2.75, 3.05) is 26.2 Å². The van der Waals surface area contributed by atoms with Crippen LogP contribution in [0.2, 0.25) is 0 Å². The standard InChI is InChI=1S/C16H36N.C8H6O7S/c1-5-9-13-17(14-10-6-2,15-11-7-3)16-12-8-4;9-7(10)4-2-1-3-5(8(11)12)6(4)16(13,14)15/h5-16H2,1-4H3;1-3H,(H,9,10)(H,11,12)(H,13,14,15)/q+1;/p-1. The van der Waals surface area contributed by atoms with Gasteiger partial charge in [0, 0.05) is 0 Å². The van der Waals surface area contributed by atoms with Crippen LogP contribution in [0.3, 0.4) is 0 Å². The predicted octanol–water partition coefficient (Wildman–Crippen LogP) is 4.99. The molecular formula is C24H41NO7S. The zero-order valence-electron chi connectivity index (χ0n) is 20.5. The molecule has 0 fully saturated rings. The summed E-state index contributed by atoms with van der Waals surface area (Å²) in [5.41, 5.74) is -1.70. The van der Waals surface area contributed by atoms with Crippen LogP contribution >= 0.6 is 0 Å². The van der Waals surface area contributed by atoms with E-state index in [9.17, 15) is 22.6 Å². The summed E-state index contributed by atoms with van der Waals surface area (Å²) in [6, 6.07) is 2.74. The van der Waals surface area contributed by atoms with Crippen molar-refractivity contribution in [3.05, 3.63) is 29.3 Å². The summed E-state index contributed by atoms with van der Waals surface area (Å²) in [6.45, 7) is 15.0. The molecule has 9 heteroatoms. The Morgan fingerprint density at radius 1 is 0.758 bits per heavy atom. The number of benzene rings is 1. The highest BCUT2D eigenvalue weighted by Gasteiger charge is 2.25. The van der Waals surface area contributed by atoms with E-state index in [2.05, 4.69) is 27.7 Å². The van der Waals surface area contributed by atoms with Crippen molar-refractivity contribution in [2.24, 2.45) is 0 Å². The molecule has 8 nitrogen and oxygen atoms in total. The van der Waals surface area contributed by atoms with Gasteiger partial charge >= 0.3 is 11.9 Å². The normalized spacial score (nSPS) is 11.5. The molecule has 33 heavy (non-hydrogen) atoms. The number of aromatic carboxylic acids is 2. The average Bonchev–Trinajstić information content (AvgIpc) is 2.77. The topological polar surface area (TPSA) is 132 Å². The highest BCUT2D eigenvalue weighted by Crippen LogP contribution is 2.21. The molecule has 0 saturated heterocycles. The fraction of sp³-hybridized carbons (Fsp3) is 0.667. The molecule has 0 heterocycles. The van der Waals surface area contributed by atoms with E-state index in [1.165, 1.54) is 82.0 Å². The van der Waals surface area contributed by atoms with Gasteiger partial charge in [-0.15, -0.1) is 0 Å². The van der Waals surface area contributed by atoms with E-state index in [1.54, 1.807) is 0 Å². The first-order valence-electron chi connectivity index (χ1n) is 11.9. The lowest BCUT2D eigenvalue weighted by molar-refractivity contribution is -0.929. The second kappa shape index (κ2) is 15.8. The molecular weight excluding hydrogens is 446 g/mol. The zero-order chi connectivity index (χ0) is 25.5. The summed E-state index contributed by atoms with van der Waals surface area (Å²) in [5, 5.41) is 17.3. The van der Waals surface area contributed by atoms with Crippen molar-refractivity contribution in [1.29, 1.82) is 0 Å². The molecule has 190 valence electrons. The predicted molar refractivity (Wildman–Crippen MR) is 128 cm³/mol. The number of rotatable bonds is 15. The number of carboxylic acids is 2. The third-order valence-corrected chi connectivity index (χ3v) is 6.61. The van der Waals surface area contributed by atoms with Gasteiger partial charge in [0.15, 0.2) is 0 Å². The lowest BCUT2D eigenvalue weighted by Gasteiger charge is -2.39. The monoisotopic (exact) mass is 487 g/mol. The van der Waals surface area contributed by atoms with Crippen LogP contribution < -0.4 is 0 Å². The minimum Gasteiger partial charge on any atom is -0.744 e. The van der Waals surface area contributed by atoms with Gasteiger partial charge in [-0.1, -0.05) is 59.4 Å². The van der Waals surface area contributed by atoms with Crippen molar-refractivity contribution in [3.63, 3.8) is 0 Å². The number of carbonyl (C=O) groups is 2. The molecule has 0 spiro atoms. The average molecular weight is 488 g/mol.